The summed E-state index contributed by atoms with van der Waals surface area (Å²) in [4.78, 5) is 13.3. The Labute approximate surface area is 99.9 Å². The highest BCUT2D eigenvalue weighted by Crippen LogP contribution is 2.08. The SMILES string of the molecule is CCO[SiH](CCCCCCN=C=O)OCC. The molecular formula is C11H23NO3Si. The van der Waals surface area contributed by atoms with E-state index in [9.17, 15) is 4.79 Å². The van der Waals surface area contributed by atoms with Gasteiger partial charge in [0.2, 0.25) is 6.08 Å². The van der Waals surface area contributed by atoms with Gasteiger partial charge in [-0.15, -0.1) is 0 Å². The summed E-state index contributed by atoms with van der Waals surface area (Å²) in [5.41, 5.74) is 0. The van der Waals surface area contributed by atoms with Gasteiger partial charge in [0.25, 0.3) is 0 Å². The maximum absolute atomic E-state index is 9.81. The molecule has 0 unspecified atom stereocenters. The molecule has 0 aliphatic rings. The first-order chi connectivity index (χ1) is 7.85. The molecule has 0 saturated carbocycles. The van der Waals surface area contributed by atoms with Crippen LogP contribution in [0.25, 0.3) is 0 Å². The van der Waals surface area contributed by atoms with Crippen LogP contribution in [0.4, 0.5) is 0 Å². The quantitative estimate of drug-likeness (QED) is 0.243. The first kappa shape index (κ1) is 15.5. The van der Waals surface area contributed by atoms with E-state index in [1.165, 1.54) is 0 Å². The van der Waals surface area contributed by atoms with Crippen LogP contribution in [-0.2, 0) is 13.6 Å². The van der Waals surface area contributed by atoms with Gasteiger partial charge in [-0.2, -0.15) is 0 Å². The largest absolute Gasteiger partial charge is 0.397 e. The molecule has 16 heavy (non-hydrogen) atoms. The lowest BCUT2D eigenvalue weighted by atomic mass is 10.2. The highest BCUT2D eigenvalue weighted by atomic mass is 28.3. The van der Waals surface area contributed by atoms with Gasteiger partial charge in [-0.25, -0.2) is 9.79 Å². The van der Waals surface area contributed by atoms with Crippen LogP contribution < -0.4 is 0 Å². The molecule has 0 atom stereocenters. The summed E-state index contributed by atoms with van der Waals surface area (Å²) in [5, 5.41) is 0. The van der Waals surface area contributed by atoms with Gasteiger partial charge in [0.1, 0.15) is 0 Å². The average Bonchev–Trinajstić information content (AvgIpc) is 2.28. The zero-order valence-corrected chi connectivity index (χ0v) is 11.6. The van der Waals surface area contributed by atoms with Crippen molar-refractivity contribution in [1.82, 2.24) is 0 Å². The number of carbonyl (C=O) groups excluding carboxylic acids is 1. The molecular weight excluding hydrogens is 222 g/mol. The summed E-state index contributed by atoms with van der Waals surface area (Å²) in [6.45, 7) is 6.14. The lowest BCUT2D eigenvalue weighted by molar-refractivity contribution is 0.212. The summed E-state index contributed by atoms with van der Waals surface area (Å²) in [5.74, 6) is 0. The van der Waals surface area contributed by atoms with Crippen LogP contribution in [0.5, 0.6) is 0 Å². The molecule has 5 heteroatoms. The molecule has 0 aliphatic carbocycles. The van der Waals surface area contributed by atoms with Crippen LogP contribution in [0.3, 0.4) is 0 Å². The van der Waals surface area contributed by atoms with E-state index in [0.717, 1.165) is 44.9 Å². The summed E-state index contributed by atoms with van der Waals surface area (Å²) in [6, 6.07) is 1.08. The van der Waals surface area contributed by atoms with Crippen LogP contribution in [0.15, 0.2) is 4.99 Å². The number of aliphatic imine (C=N–C) groups is 1. The molecule has 94 valence electrons. The highest BCUT2D eigenvalue weighted by Gasteiger charge is 2.10. The molecule has 0 aromatic heterocycles. The number of hydrogen-bond donors (Lipinski definition) is 0. The predicted octanol–water partition coefficient (Wildman–Crippen LogP) is 2.18. The van der Waals surface area contributed by atoms with Crippen molar-refractivity contribution < 1.29 is 13.6 Å². The number of hydrogen-bond acceptors (Lipinski definition) is 4. The molecule has 0 N–H and O–H groups in total. The van der Waals surface area contributed by atoms with Crippen LogP contribution >= 0.6 is 0 Å². The fourth-order valence-corrected chi connectivity index (χ4v) is 3.28. The Balaban J connectivity index is 3.35. The van der Waals surface area contributed by atoms with E-state index in [-0.39, 0.29) is 0 Å². The Morgan fingerprint density at radius 1 is 1.06 bits per heavy atom. The maximum Gasteiger partial charge on any atom is 0.321 e. The number of rotatable bonds is 11. The topological polar surface area (TPSA) is 47.9 Å². The van der Waals surface area contributed by atoms with Crippen LogP contribution in [-0.4, -0.2) is 35.1 Å². The van der Waals surface area contributed by atoms with Crippen molar-refractivity contribution in [3.05, 3.63) is 0 Å². The van der Waals surface area contributed by atoms with Crippen molar-refractivity contribution in [2.24, 2.45) is 4.99 Å². The third-order valence-electron chi connectivity index (χ3n) is 2.23. The predicted molar refractivity (Wildman–Crippen MR) is 66.7 cm³/mol. The zero-order chi connectivity index (χ0) is 12.1. The van der Waals surface area contributed by atoms with Gasteiger partial charge in [-0.1, -0.05) is 19.3 Å². The van der Waals surface area contributed by atoms with E-state index >= 15 is 0 Å². The van der Waals surface area contributed by atoms with Gasteiger partial charge in [0, 0.05) is 13.2 Å². The van der Waals surface area contributed by atoms with Crippen molar-refractivity contribution in [1.29, 1.82) is 0 Å². The molecule has 0 saturated heterocycles. The van der Waals surface area contributed by atoms with Gasteiger partial charge >= 0.3 is 9.28 Å². The molecule has 0 aliphatic heterocycles. The molecule has 0 aromatic carbocycles. The van der Waals surface area contributed by atoms with E-state index in [1.54, 1.807) is 6.08 Å². The third-order valence-corrected chi connectivity index (χ3v) is 4.52. The summed E-state index contributed by atoms with van der Waals surface area (Å²) >= 11 is 0. The highest BCUT2D eigenvalue weighted by molar-refractivity contribution is 6.44. The number of unbranched alkanes of at least 4 members (excludes halogenated alkanes) is 3. The van der Waals surface area contributed by atoms with Crippen molar-refractivity contribution >= 4 is 15.4 Å². The Bertz CT molecular complexity index is 190. The second-order valence-corrected chi connectivity index (χ2v) is 5.62. The number of nitrogens with zero attached hydrogens (tertiary/aromatic N) is 1. The Hall–Kier alpha value is -0.483. The fourth-order valence-electron chi connectivity index (χ4n) is 1.49. The molecule has 0 spiro atoms. The molecule has 0 rings (SSSR count). The van der Waals surface area contributed by atoms with E-state index in [2.05, 4.69) is 4.99 Å². The van der Waals surface area contributed by atoms with E-state index < -0.39 is 9.28 Å². The number of isocyanates is 1. The van der Waals surface area contributed by atoms with Crippen LogP contribution in [0, 0.1) is 0 Å². The Kier molecular flexibility index (Phi) is 12.2. The molecule has 0 amide bonds. The standard InChI is InChI=1S/C11H23NO3Si/c1-3-14-16(15-4-2)10-8-6-5-7-9-12-11-13/h16H,3-10H2,1-2H3. The van der Waals surface area contributed by atoms with Crippen LogP contribution in [0.1, 0.15) is 39.5 Å². The van der Waals surface area contributed by atoms with Crippen molar-refractivity contribution in [3.63, 3.8) is 0 Å². The second kappa shape index (κ2) is 12.6. The molecule has 0 fully saturated rings. The first-order valence-electron chi connectivity index (χ1n) is 6.12. The van der Waals surface area contributed by atoms with Crippen molar-refractivity contribution in [2.45, 2.75) is 45.6 Å². The zero-order valence-electron chi connectivity index (χ0n) is 10.4. The fraction of sp³-hybridized carbons (Fsp3) is 0.909. The smallest absolute Gasteiger partial charge is 0.321 e. The second-order valence-electron chi connectivity index (χ2n) is 3.52. The minimum absolute atomic E-state index is 0.612. The maximum atomic E-state index is 9.81. The molecule has 0 heterocycles. The molecule has 0 radical (unpaired) electrons. The summed E-state index contributed by atoms with van der Waals surface area (Å²) in [6.07, 6.45) is 5.96. The lowest BCUT2D eigenvalue weighted by Crippen LogP contribution is -2.22. The van der Waals surface area contributed by atoms with Gasteiger partial charge in [0.05, 0.1) is 6.54 Å². The van der Waals surface area contributed by atoms with E-state index in [1.807, 2.05) is 13.8 Å². The summed E-state index contributed by atoms with van der Waals surface area (Å²) < 4.78 is 11.1. The van der Waals surface area contributed by atoms with Crippen molar-refractivity contribution in [3.8, 4) is 0 Å². The van der Waals surface area contributed by atoms with Gasteiger partial charge < -0.3 is 8.85 Å². The third kappa shape index (κ3) is 10.0. The summed E-state index contributed by atoms with van der Waals surface area (Å²) in [7, 11) is -1.38. The van der Waals surface area contributed by atoms with Crippen molar-refractivity contribution in [2.75, 3.05) is 19.8 Å². The Morgan fingerprint density at radius 3 is 2.25 bits per heavy atom. The molecule has 4 nitrogen and oxygen atoms in total. The lowest BCUT2D eigenvalue weighted by Gasteiger charge is -2.14. The van der Waals surface area contributed by atoms with E-state index in [4.69, 9.17) is 8.85 Å². The molecule has 0 bridgehead atoms. The van der Waals surface area contributed by atoms with Crippen LogP contribution in [0.2, 0.25) is 6.04 Å². The van der Waals surface area contributed by atoms with Gasteiger partial charge in [-0.05, 0) is 26.3 Å². The average molecular weight is 245 g/mol. The van der Waals surface area contributed by atoms with E-state index in [0.29, 0.717) is 6.54 Å². The minimum atomic E-state index is -1.38. The van der Waals surface area contributed by atoms with Gasteiger partial charge in [-0.3, -0.25) is 0 Å². The van der Waals surface area contributed by atoms with Gasteiger partial charge in [0.15, 0.2) is 0 Å². The Morgan fingerprint density at radius 2 is 1.69 bits per heavy atom. The molecule has 0 aromatic rings. The normalized spacial score (nSPS) is 10.4. The minimum Gasteiger partial charge on any atom is -0.397 e. The first-order valence-corrected chi connectivity index (χ1v) is 7.87. The monoisotopic (exact) mass is 245 g/mol.